The van der Waals surface area contributed by atoms with Gasteiger partial charge in [-0.25, -0.2) is 4.98 Å². The number of nitrogens with zero attached hydrogens (tertiary/aromatic N) is 5. The average molecular weight is 449 g/mol. The molecule has 0 spiro atoms. The van der Waals surface area contributed by atoms with Crippen molar-refractivity contribution >= 4 is 33.5 Å². The third-order valence-electron chi connectivity index (χ3n) is 4.70. The molecule has 0 aliphatic rings. The maximum Gasteiger partial charge on any atom is 0.278 e. The zero-order valence-corrected chi connectivity index (χ0v) is 18.2. The van der Waals surface area contributed by atoms with Gasteiger partial charge >= 0.3 is 0 Å². The molecule has 9 nitrogen and oxygen atoms in total. The first-order valence-corrected chi connectivity index (χ1v) is 11.1. The van der Waals surface area contributed by atoms with Gasteiger partial charge in [0.05, 0.1) is 23.0 Å². The van der Waals surface area contributed by atoms with E-state index in [0.29, 0.717) is 17.0 Å². The maximum atomic E-state index is 12.8. The van der Waals surface area contributed by atoms with E-state index < -0.39 is 10.0 Å². The first kappa shape index (κ1) is 21.2. The third kappa shape index (κ3) is 4.35. The summed E-state index contributed by atoms with van der Waals surface area (Å²) in [4.78, 5) is 19.7. The van der Waals surface area contributed by atoms with Crippen molar-refractivity contribution in [3.8, 4) is 11.1 Å². The van der Waals surface area contributed by atoms with Crippen molar-refractivity contribution in [3.05, 3.63) is 79.0 Å². The van der Waals surface area contributed by atoms with Crippen LogP contribution in [0.3, 0.4) is 0 Å². The number of anilines is 1. The number of sulfonamides is 1. The highest BCUT2D eigenvalue weighted by Gasteiger charge is 2.19. The molecule has 1 amide bonds. The number of hydrogen-bond donors (Lipinski definition) is 1. The number of pyridine rings is 2. The quantitative estimate of drug-likeness (QED) is 0.360. The summed E-state index contributed by atoms with van der Waals surface area (Å²) < 4.78 is 28.4. The minimum atomic E-state index is -3.86. The van der Waals surface area contributed by atoms with Crippen LogP contribution < -0.4 is 5.32 Å². The largest absolute Gasteiger partial charge is 0.326 e. The molecule has 0 unspecified atom stereocenters. The summed E-state index contributed by atoms with van der Waals surface area (Å²) in [6.45, 7) is 1.38. The van der Waals surface area contributed by atoms with Crippen molar-refractivity contribution in [3.63, 3.8) is 0 Å². The van der Waals surface area contributed by atoms with Gasteiger partial charge in [-0.1, -0.05) is 6.07 Å². The fourth-order valence-corrected chi connectivity index (χ4v) is 4.02. The van der Waals surface area contributed by atoms with Crippen molar-refractivity contribution in [2.45, 2.75) is 11.8 Å². The summed E-state index contributed by atoms with van der Waals surface area (Å²) in [6.07, 6.45) is 8.44. The number of fused-ring (bicyclic) bond motifs is 1. The summed E-state index contributed by atoms with van der Waals surface area (Å²) in [7, 11) is -2.50. The summed E-state index contributed by atoms with van der Waals surface area (Å²) >= 11 is 0. The van der Waals surface area contributed by atoms with Crippen molar-refractivity contribution in [2.24, 2.45) is 5.10 Å². The van der Waals surface area contributed by atoms with E-state index in [1.807, 2.05) is 34.9 Å². The Balaban J connectivity index is 1.58. The lowest BCUT2D eigenvalue weighted by molar-refractivity contribution is -0.114. The number of nitrogens with one attached hydrogen (secondary N) is 1. The maximum absolute atomic E-state index is 12.8. The smallest absolute Gasteiger partial charge is 0.278 e. The van der Waals surface area contributed by atoms with Crippen molar-refractivity contribution in [2.75, 3.05) is 12.4 Å². The molecule has 32 heavy (non-hydrogen) atoms. The summed E-state index contributed by atoms with van der Waals surface area (Å²) in [5.74, 6) is -0.234. The predicted octanol–water partition coefficient (Wildman–Crippen LogP) is 3.01. The molecular weight excluding hydrogens is 428 g/mol. The van der Waals surface area contributed by atoms with Crippen LogP contribution in [0, 0.1) is 0 Å². The number of rotatable bonds is 6. The summed E-state index contributed by atoms with van der Waals surface area (Å²) in [5, 5.41) is 6.71. The van der Waals surface area contributed by atoms with Crippen molar-refractivity contribution in [1.82, 2.24) is 18.8 Å². The molecule has 1 N–H and O–H groups in total. The van der Waals surface area contributed by atoms with Gasteiger partial charge < -0.3 is 5.32 Å². The second-order valence-corrected chi connectivity index (χ2v) is 8.91. The van der Waals surface area contributed by atoms with Crippen LogP contribution in [-0.4, -0.2) is 46.4 Å². The summed E-state index contributed by atoms with van der Waals surface area (Å²) in [6, 6.07) is 13.5. The van der Waals surface area contributed by atoms with Crippen LogP contribution in [0.15, 0.2) is 83.3 Å². The van der Waals surface area contributed by atoms with Gasteiger partial charge in [0.25, 0.3) is 10.0 Å². The molecule has 0 bridgehead atoms. The fourth-order valence-electron chi connectivity index (χ4n) is 3.07. The standard InChI is InChI=1S/C22H20N6O3S/c1-16(29)26-19-6-8-21(9-7-19)32(30,31)27(2)25-14-20-13-24-22-10-5-18(15-28(20)22)17-4-3-11-23-12-17/h3-15H,1-2H3,(H,26,29)/b25-14+. The molecular formula is C22H20N6O3S. The minimum absolute atomic E-state index is 0.0586. The topological polar surface area (TPSA) is 109 Å². The highest BCUT2D eigenvalue weighted by atomic mass is 32.2. The molecule has 4 rings (SSSR count). The van der Waals surface area contributed by atoms with Gasteiger partial charge in [0.1, 0.15) is 5.65 Å². The van der Waals surface area contributed by atoms with Gasteiger partial charge in [0.15, 0.2) is 0 Å². The molecule has 0 aliphatic carbocycles. The van der Waals surface area contributed by atoms with E-state index in [9.17, 15) is 13.2 Å². The lowest BCUT2D eigenvalue weighted by Gasteiger charge is -2.14. The van der Waals surface area contributed by atoms with Gasteiger partial charge in [-0.05, 0) is 42.5 Å². The Kier molecular flexibility index (Phi) is 5.69. The minimum Gasteiger partial charge on any atom is -0.326 e. The molecule has 0 saturated heterocycles. The molecule has 10 heteroatoms. The first-order chi connectivity index (χ1) is 15.3. The predicted molar refractivity (Wildman–Crippen MR) is 122 cm³/mol. The van der Waals surface area contributed by atoms with Crippen LogP contribution in [-0.2, 0) is 14.8 Å². The highest BCUT2D eigenvalue weighted by Crippen LogP contribution is 2.20. The SMILES string of the molecule is CC(=O)Nc1ccc(S(=O)(=O)N(C)/N=C/c2cnc3ccc(-c4cccnc4)cn23)cc1. The number of carbonyl (C=O) groups is 1. The fraction of sp³-hybridized carbons (Fsp3) is 0.0909. The van der Waals surface area contributed by atoms with E-state index in [4.69, 9.17) is 0 Å². The molecule has 1 aromatic carbocycles. The van der Waals surface area contributed by atoms with E-state index in [1.54, 1.807) is 18.6 Å². The third-order valence-corrected chi connectivity index (χ3v) is 6.36. The zero-order chi connectivity index (χ0) is 22.7. The first-order valence-electron chi connectivity index (χ1n) is 9.63. The number of hydrazone groups is 1. The van der Waals surface area contributed by atoms with E-state index in [1.165, 1.54) is 44.5 Å². The van der Waals surface area contributed by atoms with Crippen LogP contribution in [0.5, 0.6) is 0 Å². The Morgan fingerprint density at radius 1 is 1.09 bits per heavy atom. The lowest BCUT2D eigenvalue weighted by atomic mass is 10.1. The molecule has 3 heterocycles. The van der Waals surface area contributed by atoms with Gasteiger partial charge in [-0.2, -0.15) is 17.9 Å². The number of amides is 1. The van der Waals surface area contributed by atoms with Crippen LogP contribution >= 0.6 is 0 Å². The number of benzene rings is 1. The number of aromatic nitrogens is 3. The van der Waals surface area contributed by atoms with E-state index in [2.05, 4.69) is 20.4 Å². The van der Waals surface area contributed by atoms with Gasteiger partial charge in [-0.3, -0.25) is 14.2 Å². The normalized spacial score (nSPS) is 11.7. The number of hydrogen-bond acceptors (Lipinski definition) is 6. The Morgan fingerprint density at radius 2 is 1.88 bits per heavy atom. The number of carbonyl (C=O) groups excluding carboxylic acids is 1. The van der Waals surface area contributed by atoms with Crippen LogP contribution in [0.2, 0.25) is 0 Å². The highest BCUT2D eigenvalue weighted by molar-refractivity contribution is 7.89. The zero-order valence-electron chi connectivity index (χ0n) is 17.4. The lowest BCUT2D eigenvalue weighted by Crippen LogP contribution is -2.22. The Morgan fingerprint density at radius 3 is 2.56 bits per heavy atom. The monoisotopic (exact) mass is 448 g/mol. The Labute approximate surface area is 185 Å². The Hall–Kier alpha value is -4.05. The average Bonchev–Trinajstić information content (AvgIpc) is 3.20. The second-order valence-electron chi connectivity index (χ2n) is 6.96. The van der Waals surface area contributed by atoms with Crippen LogP contribution in [0.25, 0.3) is 16.8 Å². The second kappa shape index (κ2) is 8.60. The molecule has 4 aromatic rings. The van der Waals surface area contributed by atoms with Gasteiger partial charge in [0.2, 0.25) is 5.91 Å². The molecule has 0 saturated carbocycles. The molecule has 0 atom stereocenters. The van der Waals surface area contributed by atoms with Crippen LogP contribution in [0.4, 0.5) is 5.69 Å². The van der Waals surface area contributed by atoms with Gasteiger partial charge in [-0.15, -0.1) is 0 Å². The van der Waals surface area contributed by atoms with Crippen LogP contribution in [0.1, 0.15) is 12.6 Å². The molecule has 0 radical (unpaired) electrons. The molecule has 3 aromatic heterocycles. The molecule has 162 valence electrons. The van der Waals surface area contributed by atoms with E-state index in [0.717, 1.165) is 15.5 Å². The molecule has 0 aliphatic heterocycles. The number of imidazole rings is 1. The van der Waals surface area contributed by atoms with Crippen molar-refractivity contribution in [1.29, 1.82) is 0 Å². The van der Waals surface area contributed by atoms with E-state index in [-0.39, 0.29) is 10.8 Å². The van der Waals surface area contributed by atoms with E-state index >= 15 is 0 Å². The van der Waals surface area contributed by atoms with Gasteiger partial charge in [0, 0.05) is 49.4 Å². The van der Waals surface area contributed by atoms with Crippen molar-refractivity contribution < 1.29 is 13.2 Å². The Bertz CT molecular complexity index is 1400. The summed E-state index contributed by atoms with van der Waals surface area (Å²) in [5.41, 5.74) is 3.73. The molecule has 0 fully saturated rings.